The number of rotatable bonds is 7. The van der Waals surface area contributed by atoms with Crippen molar-refractivity contribution < 1.29 is 24.1 Å². The van der Waals surface area contributed by atoms with Crippen LogP contribution in [0.4, 0.5) is 0 Å². The fraction of sp³-hybridized carbons (Fsp3) is 0.316. The molecule has 0 aromatic heterocycles. The molecule has 0 spiro atoms. The average Bonchev–Trinajstić information content (AvgIpc) is 2.65. The van der Waals surface area contributed by atoms with Crippen molar-refractivity contribution in [3.63, 3.8) is 0 Å². The van der Waals surface area contributed by atoms with Gasteiger partial charge < -0.3 is 24.6 Å². The third-order valence-electron chi connectivity index (χ3n) is 3.92. The zero-order valence-electron chi connectivity index (χ0n) is 14.8. The fourth-order valence-electron chi connectivity index (χ4n) is 2.47. The molecule has 6 nitrogen and oxygen atoms in total. The molecular formula is C19H23NO5. The van der Waals surface area contributed by atoms with Gasteiger partial charge >= 0.3 is 0 Å². The zero-order valence-corrected chi connectivity index (χ0v) is 14.8. The molecule has 2 aromatic carbocycles. The van der Waals surface area contributed by atoms with Crippen molar-refractivity contribution in [2.45, 2.75) is 12.5 Å². The molecule has 0 saturated carbocycles. The summed E-state index contributed by atoms with van der Waals surface area (Å²) in [6.45, 7) is 1.71. The molecule has 25 heavy (non-hydrogen) atoms. The second kappa shape index (κ2) is 7.90. The second-order valence-electron chi connectivity index (χ2n) is 5.74. The van der Waals surface area contributed by atoms with Gasteiger partial charge in [-0.05, 0) is 24.6 Å². The van der Waals surface area contributed by atoms with Crippen LogP contribution >= 0.6 is 0 Å². The third-order valence-corrected chi connectivity index (χ3v) is 3.92. The molecule has 1 amide bonds. The number of hydrogen-bond acceptors (Lipinski definition) is 5. The van der Waals surface area contributed by atoms with Gasteiger partial charge in [-0.1, -0.05) is 30.3 Å². The lowest BCUT2D eigenvalue weighted by molar-refractivity contribution is 0.0526. The van der Waals surface area contributed by atoms with Gasteiger partial charge in [0, 0.05) is 5.56 Å². The molecule has 0 aliphatic heterocycles. The highest BCUT2D eigenvalue weighted by Crippen LogP contribution is 2.38. The lowest BCUT2D eigenvalue weighted by atomic mass is 9.96. The van der Waals surface area contributed by atoms with E-state index in [-0.39, 0.29) is 12.5 Å². The Kier molecular flexibility index (Phi) is 5.88. The lowest BCUT2D eigenvalue weighted by Crippen LogP contribution is -2.38. The van der Waals surface area contributed by atoms with Crippen LogP contribution in [0.5, 0.6) is 17.2 Å². The van der Waals surface area contributed by atoms with E-state index in [0.717, 1.165) is 5.56 Å². The first-order valence-electron chi connectivity index (χ1n) is 7.79. The summed E-state index contributed by atoms with van der Waals surface area (Å²) in [5.74, 6) is 0.844. The highest BCUT2D eigenvalue weighted by Gasteiger charge is 2.24. The van der Waals surface area contributed by atoms with E-state index in [2.05, 4.69) is 5.32 Å². The number of carbonyl (C=O) groups excluding carboxylic acids is 1. The van der Waals surface area contributed by atoms with Crippen molar-refractivity contribution >= 4 is 5.91 Å². The Morgan fingerprint density at radius 3 is 2.08 bits per heavy atom. The smallest absolute Gasteiger partial charge is 0.251 e. The number of amides is 1. The summed E-state index contributed by atoms with van der Waals surface area (Å²) in [4.78, 5) is 12.5. The van der Waals surface area contributed by atoms with Crippen LogP contribution in [0.25, 0.3) is 0 Å². The van der Waals surface area contributed by atoms with Crippen molar-refractivity contribution in [1.29, 1.82) is 0 Å². The molecule has 6 heteroatoms. The normalized spacial score (nSPS) is 12.8. The summed E-state index contributed by atoms with van der Waals surface area (Å²) >= 11 is 0. The quantitative estimate of drug-likeness (QED) is 0.805. The van der Waals surface area contributed by atoms with Crippen LogP contribution < -0.4 is 19.5 Å². The number of methoxy groups -OCH3 is 3. The summed E-state index contributed by atoms with van der Waals surface area (Å²) in [7, 11) is 4.47. The number of nitrogens with one attached hydrogen (secondary N) is 1. The Hall–Kier alpha value is -2.73. The van der Waals surface area contributed by atoms with Crippen molar-refractivity contribution in [2.75, 3.05) is 27.9 Å². The molecule has 0 fully saturated rings. The van der Waals surface area contributed by atoms with E-state index in [1.54, 1.807) is 19.1 Å². The van der Waals surface area contributed by atoms with Gasteiger partial charge in [0.05, 0.1) is 27.9 Å². The maximum Gasteiger partial charge on any atom is 0.251 e. The molecular weight excluding hydrogens is 322 g/mol. The summed E-state index contributed by atoms with van der Waals surface area (Å²) in [6, 6.07) is 12.3. The Bertz CT molecular complexity index is 703. The van der Waals surface area contributed by atoms with Crippen molar-refractivity contribution in [1.82, 2.24) is 5.32 Å². The Morgan fingerprint density at radius 1 is 1.04 bits per heavy atom. The van der Waals surface area contributed by atoms with Gasteiger partial charge in [0.2, 0.25) is 5.75 Å². The maximum absolute atomic E-state index is 12.5. The van der Waals surface area contributed by atoms with E-state index in [4.69, 9.17) is 14.2 Å². The Balaban J connectivity index is 2.18. The van der Waals surface area contributed by atoms with Gasteiger partial charge in [-0.15, -0.1) is 0 Å². The SMILES string of the molecule is COc1cc(C(=O)NCC(C)(O)c2ccccc2)cc(OC)c1OC. The highest BCUT2D eigenvalue weighted by atomic mass is 16.5. The van der Waals surface area contributed by atoms with E-state index in [0.29, 0.717) is 22.8 Å². The van der Waals surface area contributed by atoms with Crippen LogP contribution in [0, 0.1) is 0 Å². The fourth-order valence-corrected chi connectivity index (χ4v) is 2.47. The molecule has 0 saturated heterocycles. The first kappa shape index (κ1) is 18.6. The molecule has 0 radical (unpaired) electrons. The van der Waals surface area contributed by atoms with Crippen LogP contribution in [-0.2, 0) is 5.60 Å². The van der Waals surface area contributed by atoms with Crippen LogP contribution in [0.2, 0.25) is 0 Å². The number of carbonyl (C=O) groups is 1. The summed E-state index contributed by atoms with van der Waals surface area (Å²) in [5.41, 5.74) is -0.115. The van der Waals surface area contributed by atoms with Crippen molar-refractivity contribution in [3.05, 3.63) is 53.6 Å². The topological polar surface area (TPSA) is 77.0 Å². The molecule has 1 atom stereocenters. The first-order valence-corrected chi connectivity index (χ1v) is 7.79. The van der Waals surface area contributed by atoms with Gasteiger partial charge in [-0.2, -0.15) is 0 Å². The predicted octanol–water partition coefficient (Wildman–Crippen LogP) is 2.35. The van der Waals surface area contributed by atoms with Gasteiger partial charge in [0.25, 0.3) is 5.91 Å². The minimum atomic E-state index is -1.18. The number of benzene rings is 2. The van der Waals surface area contributed by atoms with E-state index in [1.807, 2.05) is 30.3 Å². The van der Waals surface area contributed by atoms with Gasteiger partial charge in [-0.25, -0.2) is 0 Å². The summed E-state index contributed by atoms with van der Waals surface area (Å²) in [6.07, 6.45) is 0. The van der Waals surface area contributed by atoms with Crippen LogP contribution in [0.1, 0.15) is 22.8 Å². The molecule has 2 N–H and O–H groups in total. The number of ether oxygens (including phenoxy) is 3. The minimum absolute atomic E-state index is 0.0620. The monoisotopic (exact) mass is 345 g/mol. The van der Waals surface area contributed by atoms with Crippen molar-refractivity contribution in [2.24, 2.45) is 0 Å². The third kappa shape index (κ3) is 4.22. The van der Waals surface area contributed by atoms with E-state index in [1.165, 1.54) is 21.3 Å². The Labute approximate surface area is 147 Å². The minimum Gasteiger partial charge on any atom is -0.493 e. The molecule has 1 unspecified atom stereocenters. The number of aliphatic hydroxyl groups is 1. The van der Waals surface area contributed by atoms with E-state index >= 15 is 0 Å². The number of hydrogen-bond donors (Lipinski definition) is 2. The molecule has 134 valence electrons. The van der Waals surface area contributed by atoms with E-state index < -0.39 is 5.60 Å². The maximum atomic E-state index is 12.5. The van der Waals surface area contributed by atoms with Crippen LogP contribution in [0.15, 0.2) is 42.5 Å². The Morgan fingerprint density at radius 2 is 1.60 bits per heavy atom. The summed E-state index contributed by atoms with van der Waals surface area (Å²) < 4.78 is 15.7. The largest absolute Gasteiger partial charge is 0.493 e. The standard InChI is InChI=1S/C19H23NO5/c1-19(22,14-8-6-5-7-9-14)12-20-18(21)13-10-15(23-2)17(25-4)16(11-13)24-3/h5-11,22H,12H2,1-4H3,(H,20,21). The molecule has 2 aromatic rings. The van der Waals surface area contributed by atoms with Gasteiger partial charge in [-0.3, -0.25) is 4.79 Å². The molecule has 0 bridgehead atoms. The zero-order chi connectivity index (χ0) is 18.4. The highest BCUT2D eigenvalue weighted by molar-refractivity contribution is 5.95. The molecule has 2 rings (SSSR count). The molecule has 0 aliphatic carbocycles. The summed E-state index contributed by atoms with van der Waals surface area (Å²) in [5, 5.41) is 13.3. The van der Waals surface area contributed by atoms with E-state index in [9.17, 15) is 9.90 Å². The predicted molar refractivity (Wildman–Crippen MR) is 94.4 cm³/mol. The van der Waals surface area contributed by atoms with Gasteiger partial charge in [0.1, 0.15) is 5.60 Å². The second-order valence-corrected chi connectivity index (χ2v) is 5.74. The van der Waals surface area contributed by atoms with Crippen LogP contribution in [-0.4, -0.2) is 38.9 Å². The van der Waals surface area contributed by atoms with Crippen LogP contribution in [0.3, 0.4) is 0 Å². The van der Waals surface area contributed by atoms with Crippen molar-refractivity contribution in [3.8, 4) is 17.2 Å². The lowest BCUT2D eigenvalue weighted by Gasteiger charge is -2.24. The first-order chi connectivity index (χ1) is 11.9. The molecule has 0 heterocycles. The average molecular weight is 345 g/mol. The van der Waals surface area contributed by atoms with Gasteiger partial charge in [0.15, 0.2) is 11.5 Å². The molecule has 0 aliphatic rings.